The van der Waals surface area contributed by atoms with Crippen molar-refractivity contribution in [1.82, 2.24) is 0 Å². The van der Waals surface area contributed by atoms with Crippen molar-refractivity contribution in [3.63, 3.8) is 0 Å². The molecule has 19 heavy (non-hydrogen) atoms. The number of hydrogen-bond acceptors (Lipinski definition) is 3. The molecule has 3 nitrogen and oxygen atoms in total. The second kappa shape index (κ2) is 5.61. The summed E-state index contributed by atoms with van der Waals surface area (Å²) in [4.78, 5) is 0. The van der Waals surface area contributed by atoms with Gasteiger partial charge in [0.25, 0.3) is 0 Å². The van der Waals surface area contributed by atoms with Gasteiger partial charge in [0, 0.05) is 12.0 Å². The first-order valence-corrected chi connectivity index (χ1v) is 7.36. The Hall–Kier alpha value is -0.900. The maximum atomic E-state index is 6.16. The monoisotopic (exact) mass is 261 g/mol. The lowest BCUT2D eigenvalue weighted by atomic mass is 9.67. The van der Waals surface area contributed by atoms with Gasteiger partial charge in [0.05, 0.1) is 13.2 Å². The van der Waals surface area contributed by atoms with E-state index in [0.717, 1.165) is 32.6 Å². The number of rotatable bonds is 4. The average molecular weight is 261 g/mol. The van der Waals surface area contributed by atoms with Crippen LogP contribution in [0.25, 0.3) is 0 Å². The van der Waals surface area contributed by atoms with Gasteiger partial charge in [-0.1, -0.05) is 24.3 Å². The summed E-state index contributed by atoms with van der Waals surface area (Å²) in [7, 11) is 0. The van der Waals surface area contributed by atoms with E-state index in [1.807, 2.05) is 0 Å². The van der Waals surface area contributed by atoms with Gasteiger partial charge in [0.15, 0.2) is 6.29 Å². The zero-order valence-electron chi connectivity index (χ0n) is 11.4. The first-order chi connectivity index (χ1) is 9.34. The Bertz CT molecular complexity index is 429. The first-order valence-electron chi connectivity index (χ1n) is 7.36. The lowest BCUT2D eigenvalue weighted by Gasteiger charge is -2.39. The molecule has 0 aromatic heterocycles. The van der Waals surface area contributed by atoms with Crippen molar-refractivity contribution >= 4 is 0 Å². The van der Waals surface area contributed by atoms with Gasteiger partial charge in [0.2, 0.25) is 0 Å². The Balaban J connectivity index is 1.78. The van der Waals surface area contributed by atoms with Crippen LogP contribution in [-0.4, -0.2) is 26.0 Å². The maximum absolute atomic E-state index is 6.16. The fraction of sp³-hybridized carbons (Fsp3) is 0.625. The highest BCUT2D eigenvalue weighted by molar-refractivity contribution is 5.37. The van der Waals surface area contributed by atoms with Crippen LogP contribution in [0.2, 0.25) is 0 Å². The van der Waals surface area contributed by atoms with E-state index in [1.165, 1.54) is 30.4 Å². The molecule has 1 aliphatic heterocycles. The molecule has 1 unspecified atom stereocenters. The van der Waals surface area contributed by atoms with Crippen LogP contribution < -0.4 is 5.73 Å². The number of nitrogens with two attached hydrogens (primary N) is 1. The predicted octanol–water partition coefficient (Wildman–Crippen LogP) is 2.37. The van der Waals surface area contributed by atoms with E-state index < -0.39 is 0 Å². The van der Waals surface area contributed by atoms with E-state index in [9.17, 15) is 0 Å². The molecule has 1 saturated heterocycles. The summed E-state index contributed by atoms with van der Waals surface area (Å²) < 4.78 is 11.1. The zero-order valence-corrected chi connectivity index (χ0v) is 11.4. The third kappa shape index (κ3) is 2.55. The highest BCUT2D eigenvalue weighted by Gasteiger charge is 2.35. The fourth-order valence-electron chi connectivity index (χ4n) is 3.55. The molecule has 0 saturated carbocycles. The minimum atomic E-state index is -0.0162. The topological polar surface area (TPSA) is 44.5 Å². The van der Waals surface area contributed by atoms with Gasteiger partial charge in [-0.2, -0.15) is 0 Å². The lowest BCUT2D eigenvalue weighted by molar-refractivity contribution is -0.0516. The SMILES string of the molecule is NCC1(CCC2OCCO2)CCCc2ccccc21. The number of hydrogen-bond donors (Lipinski definition) is 1. The first kappa shape index (κ1) is 13.1. The number of benzene rings is 1. The molecular weight excluding hydrogens is 238 g/mol. The molecule has 1 aromatic rings. The van der Waals surface area contributed by atoms with E-state index in [1.54, 1.807) is 0 Å². The summed E-state index contributed by atoms with van der Waals surface area (Å²) in [5.41, 5.74) is 9.22. The largest absolute Gasteiger partial charge is 0.350 e. The van der Waals surface area contributed by atoms with Gasteiger partial charge < -0.3 is 15.2 Å². The fourth-order valence-corrected chi connectivity index (χ4v) is 3.55. The van der Waals surface area contributed by atoms with Crippen LogP contribution in [0.1, 0.15) is 36.8 Å². The molecule has 2 aliphatic rings. The van der Waals surface area contributed by atoms with Gasteiger partial charge in [-0.25, -0.2) is 0 Å². The van der Waals surface area contributed by atoms with E-state index in [2.05, 4.69) is 24.3 Å². The van der Waals surface area contributed by atoms with Gasteiger partial charge >= 0.3 is 0 Å². The smallest absolute Gasteiger partial charge is 0.157 e. The van der Waals surface area contributed by atoms with Gasteiger partial charge in [-0.15, -0.1) is 0 Å². The molecule has 0 bridgehead atoms. The van der Waals surface area contributed by atoms with E-state index >= 15 is 0 Å². The average Bonchev–Trinajstić information content (AvgIpc) is 2.98. The summed E-state index contributed by atoms with van der Waals surface area (Å²) >= 11 is 0. The van der Waals surface area contributed by atoms with Gasteiger partial charge in [-0.3, -0.25) is 0 Å². The van der Waals surface area contributed by atoms with Crippen molar-refractivity contribution in [3.05, 3.63) is 35.4 Å². The summed E-state index contributed by atoms with van der Waals surface area (Å²) in [5.74, 6) is 0. The Labute approximate surface area is 115 Å². The Kier molecular flexibility index (Phi) is 3.87. The molecule has 1 fully saturated rings. The van der Waals surface area contributed by atoms with Crippen molar-refractivity contribution in [2.45, 2.75) is 43.8 Å². The second-order valence-corrected chi connectivity index (χ2v) is 5.70. The Morgan fingerprint density at radius 3 is 2.79 bits per heavy atom. The summed E-state index contributed by atoms with van der Waals surface area (Å²) in [6, 6.07) is 8.78. The van der Waals surface area contributed by atoms with E-state index in [4.69, 9.17) is 15.2 Å². The highest BCUT2D eigenvalue weighted by atomic mass is 16.7. The lowest BCUT2D eigenvalue weighted by Crippen LogP contribution is -2.39. The third-order valence-corrected chi connectivity index (χ3v) is 4.63. The summed E-state index contributed by atoms with van der Waals surface area (Å²) in [5, 5.41) is 0. The van der Waals surface area contributed by atoms with Crippen LogP contribution in [-0.2, 0) is 21.3 Å². The maximum Gasteiger partial charge on any atom is 0.157 e. The van der Waals surface area contributed by atoms with Crippen molar-refractivity contribution in [1.29, 1.82) is 0 Å². The highest BCUT2D eigenvalue weighted by Crippen LogP contribution is 2.40. The van der Waals surface area contributed by atoms with Crippen LogP contribution >= 0.6 is 0 Å². The molecule has 1 atom stereocenters. The van der Waals surface area contributed by atoms with Crippen molar-refractivity contribution in [3.8, 4) is 0 Å². The molecule has 0 amide bonds. The van der Waals surface area contributed by atoms with Crippen LogP contribution in [0.15, 0.2) is 24.3 Å². The minimum Gasteiger partial charge on any atom is -0.350 e. The number of aryl methyl sites for hydroxylation is 1. The summed E-state index contributed by atoms with van der Waals surface area (Å²) in [6.07, 6.45) is 5.61. The van der Waals surface area contributed by atoms with E-state index in [-0.39, 0.29) is 11.7 Å². The van der Waals surface area contributed by atoms with Crippen LogP contribution in [0.4, 0.5) is 0 Å². The van der Waals surface area contributed by atoms with Crippen molar-refractivity contribution in [2.24, 2.45) is 5.73 Å². The quantitative estimate of drug-likeness (QED) is 0.905. The van der Waals surface area contributed by atoms with Crippen LogP contribution in [0.5, 0.6) is 0 Å². The van der Waals surface area contributed by atoms with Crippen LogP contribution in [0, 0.1) is 0 Å². The second-order valence-electron chi connectivity index (χ2n) is 5.70. The standard InChI is InChI=1S/C16H23NO2/c17-12-16(9-7-15-18-10-11-19-15)8-3-5-13-4-1-2-6-14(13)16/h1-2,4,6,15H,3,5,7-12,17H2. The molecular formula is C16H23NO2. The molecule has 1 heterocycles. The molecule has 1 aliphatic carbocycles. The van der Waals surface area contributed by atoms with Crippen molar-refractivity contribution in [2.75, 3.05) is 19.8 Å². The zero-order chi connectivity index (χ0) is 13.1. The van der Waals surface area contributed by atoms with Crippen LogP contribution in [0.3, 0.4) is 0 Å². The van der Waals surface area contributed by atoms with Crippen molar-refractivity contribution < 1.29 is 9.47 Å². The number of fused-ring (bicyclic) bond motifs is 1. The molecule has 104 valence electrons. The summed E-state index contributed by atoms with van der Waals surface area (Å²) in [6.45, 7) is 2.19. The normalized spacial score (nSPS) is 27.4. The predicted molar refractivity (Wildman–Crippen MR) is 75.0 cm³/mol. The van der Waals surface area contributed by atoms with Gasteiger partial charge in [0.1, 0.15) is 0 Å². The number of ether oxygens (including phenoxy) is 2. The third-order valence-electron chi connectivity index (χ3n) is 4.63. The molecule has 0 radical (unpaired) electrons. The Morgan fingerprint density at radius 1 is 1.21 bits per heavy atom. The van der Waals surface area contributed by atoms with Gasteiger partial charge in [-0.05, 0) is 43.2 Å². The Morgan fingerprint density at radius 2 is 2.00 bits per heavy atom. The molecule has 0 spiro atoms. The molecule has 3 rings (SSSR count). The van der Waals surface area contributed by atoms with E-state index in [0.29, 0.717) is 0 Å². The molecule has 3 heteroatoms. The molecule has 1 aromatic carbocycles. The molecule has 2 N–H and O–H groups in total. The minimum absolute atomic E-state index is 0.0162.